The first-order valence-corrected chi connectivity index (χ1v) is 11.7. The fraction of sp³-hybridized carbons (Fsp3) is 0.375. The molecular weight excluding hydrogens is 408 g/mol. The van der Waals surface area contributed by atoms with Gasteiger partial charge in [-0.25, -0.2) is 0 Å². The van der Waals surface area contributed by atoms with Crippen LogP contribution in [0.25, 0.3) is 11.4 Å². The molecule has 1 N–H and O–H groups in total. The SMILES string of the molecule is COc1ccc(-c2nnc(SCC(=O)NCC3CCC3)n2CCc2ccccc2)cc1. The molecule has 0 atom stereocenters. The maximum absolute atomic E-state index is 12.3. The van der Waals surface area contributed by atoms with E-state index in [0.717, 1.165) is 41.8 Å². The van der Waals surface area contributed by atoms with E-state index in [1.807, 2.05) is 42.5 Å². The second-order valence-corrected chi connectivity index (χ2v) is 8.75. The summed E-state index contributed by atoms with van der Waals surface area (Å²) in [6.45, 7) is 1.53. The molecule has 1 heterocycles. The monoisotopic (exact) mass is 436 g/mol. The highest BCUT2D eigenvalue weighted by Gasteiger charge is 2.19. The van der Waals surface area contributed by atoms with Crippen LogP contribution >= 0.6 is 11.8 Å². The molecule has 1 amide bonds. The lowest BCUT2D eigenvalue weighted by Gasteiger charge is -2.25. The second-order valence-electron chi connectivity index (χ2n) is 7.81. The minimum Gasteiger partial charge on any atom is -0.497 e. The molecule has 7 heteroatoms. The van der Waals surface area contributed by atoms with Crippen LogP contribution in [0.3, 0.4) is 0 Å². The minimum atomic E-state index is 0.0560. The van der Waals surface area contributed by atoms with Gasteiger partial charge in [0.05, 0.1) is 12.9 Å². The third-order valence-corrected chi connectivity index (χ3v) is 6.64. The Labute approximate surface area is 187 Å². The fourth-order valence-corrected chi connectivity index (χ4v) is 4.37. The number of hydrogen-bond acceptors (Lipinski definition) is 5. The molecule has 1 aliphatic carbocycles. The summed E-state index contributed by atoms with van der Waals surface area (Å²) in [4.78, 5) is 12.3. The van der Waals surface area contributed by atoms with Gasteiger partial charge >= 0.3 is 0 Å². The van der Waals surface area contributed by atoms with Gasteiger partial charge in [0.25, 0.3) is 0 Å². The van der Waals surface area contributed by atoms with E-state index >= 15 is 0 Å². The predicted octanol–water partition coefficient (Wildman–Crippen LogP) is 4.20. The molecular formula is C24H28N4O2S. The van der Waals surface area contributed by atoms with Crippen molar-refractivity contribution in [3.63, 3.8) is 0 Å². The van der Waals surface area contributed by atoms with Crippen LogP contribution in [0.15, 0.2) is 59.8 Å². The number of carbonyl (C=O) groups excluding carboxylic acids is 1. The van der Waals surface area contributed by atoms with Crippen molar-refractivity contribution in [2.75, 3.05) is 19.4 Å². The standard InChI is InChI=1S/C24H28N4O2S/c1-30-21-12-10-20(11-13-21)23-26-27-24(28(23)15-14-18-6-3-2-4-7-18)31-17-22(29)25-16-19-8-5-9-19/h2-4,6-7,10-13,19H,5,8-9,14-17H2,1H3,(H,25,29). The number of thioether (sulfide) groups is 1. The average Bonchev–Trinajstić information content (AvgIpc) is 3.18. The number of amides is 1. The maximum Gasteiger partial charge on any atom is 0.230 e. The number of aromatic nitrogens is 3. The number of methoxy groups -OCH3 is 1. The Bertz CT molecular complexity index is 985. The van der Waals surface area contributed by atoms with Crippen LogP contribution in [-0.2, 0) is 17.8 Å². The normalized spacial score (nSPS) is 13.6. The Hall–Kier alpha value is -2.80. The summed E-state index contributed by atoms with van der Waals surface area (Å²) in [5.41, 5.74) is 2.23. The third-order valence-electron chi connectivity index (χ3n) is 5.68. The summed E-state index contributed by atoms with van der Waals surface area (Å²) < 4.78 is 7.38. The smallest absolute Gasteiger partial charge is 0.230 e. The van der Waals surface area contributed by atoms with Crippen molar-refractivity contribution < 1.29 is 9.53 Å². The quantitative estimate of drug-likeness (QED) is 0.482. The number of nitrogens with one attached hydrogen (secondary N) is 1. The number of carbonyl (C=O) groups is 1. The van der Waals surface area contributed by atoms with Gasteiger partial charge in [-0.15, -0.1) is 10.2 Å². The zero-order valence-electron chi connectivity index (χ0n) is 17.8. The molecule has 2 aromatic carbocycles. The Morgan fingerprint density at radius 2 is 1.90 bits per heavy atom. The molecule has 6 nitrogen and oxygen atoms in total. The van der Waals surface area contributed by atoms with Crippen LogP contribution in [0.5, 0.6) is 5.75 Å². The number of ether oxygens (including phenoxy) is 1. The van der Waals surface area contributed by atoms with Gasteiger partial charge in [-0.1, -0.05) is 48.5 Å². The summed E-state index contributed by atoms with van der Waals surface area (Å²) >= 11 is 1.44. The van der Waals surface area contributed by atoms with E-state index in [1.165, 1.54) is 36.6 Å². The molecule has 0 bridgehead atoms. The second kappa shape index (κ2) is 10.5. The summed E-state index contributed by atoms with van der Waals surface area (Å²) in [5.74, 6) is 2.66. The molecule has 0 spiro atoms. The molecule has 1 fully saturated rings. The predicted molar refractivity (Wildman–Crippen MR) is 123 cm³/mol. The van der Waals surface area contributed by atoms with Gasteiger partial charge in [-0.05, 0) is 55.0 Å². The van der Waals surface area contributed by atoms with E-state index in [2.05, 4.69) is 32.2 Å². The van der Waals surface area contributed by atoms with Gasteiger partial charge in [0, 0.05) is 18.7 Å². The minimum absolute atomic E-state index is 0.0560. The van der Waals surface area contributed by atoms with Gasteiger partial charge in [0.1, 0.15) is 5.75 Å². The molecule has 4 rings (SSSR count). The molecule has 0 unspecified atom stereocenters. The van der Waals surface area contributed by atoms with E-state index in [9.17, 15) is 4.79 Å². The highest BCUT2D eigenvalue weighted by Crippen LogP contribution is 2.27. The molecule has 31 heavy (non-hydrogen) atoms. The van der Waals surface area contributed by atoms with Gasteiger partial charge in [-0.3, -0.25) is 4.79 Å². The van der Waals surface area contributed by atoms with E-state index in [4.69, 9.17) is 4.74 Å². The van der Waals surface area contributed by atoms with Gasteiger partial charge < -0.3 is 14.6 Å². The third kappa shape index (κ3) is 5.67. The van der Waals surface area contributed by atoms with Gasteiger partial charge in [0.2, 0.25) is 5.91 Å². The van der Waals surface area contributed by atoms with E-state index < -0.39 is 0 Å². The van der Waals surface area contributed by atoms with Crippen molar-refractivity contribution in [1.82, 2.24) is 20.1 Å². The first-order chi connectivity index (χ1) is 15.2. The van der Waals surface area contributed by atoms with Crippen LogP contribution in [0.1, 0.15) is 24.8 Å². The number of benzene rings is 2. The van der Waals surface area contributed by atoms with Crippen molar-refractivity contribution in [3.8, 4) is 17.1 Å². The highest BCUT2D eigenvalue weighted by atomic mass is 32.2. The molecule has 162 valence electrons. The van der Waals surface area contributed by atoms with Crippen LogP contribution in [-0.4, -0.2) is 40.1 Å². The van der Waals surface area contributed by atoms with Crippen molar-refractivity contribution in [1.29, 1.82) is 0 Å². The number of rotatable bonds is 10. The van der Waals surface area contributed by atoms with Crippen LogP contribution in [0.4, 0.5) is 0 Å². The zero-order chi connectivity index (χ0) is 21.5. The lowest BCUT2D eigenvalue weighted by atomic mass is 9.85. The first-order valence-electron chi connectivity index (χ1n) is 10.7. The molecule has 0 aliphatic heterocycles. The van der Waals surface area contributed by atoms with Crippen LogP contribution in [0, 0.1) is 5.92 Å². The summed E-state index contributed by atoms with van der Waals surface area (Å²) in [5, 5.41) is 12.7. The maximum atomic E-state index is 12.3. The molecule has 1 aliphatic rings. The Balaban J connectivity index is 1.47. The van der Waals surface area contributed by atoms with Gasteiger partial charge in [-0.2, -0.15) is 0 Å². The Kier molecular flexibility index (Phi) is 7.25. The number of hydrogen-bond donors (Lipinski definition) is 1. The lowest BCUT2D eigenvalue weighted by Crippen LogP contribution is -2.33. The van der Waals surface area contributed by atoms with Gasteiger partial charge in [0.15, 0.2) is 11.0 Å². The topological polar surface area (TPSA) is 69.0 Å². The van der Waals surface area contributed by atoms with Crippen molar-refractivity contribution in [2.45, 2.75) is 37.4 Å². The van der Waals surface area contributed by atoms with Crippen molar-refractivity contribution in [2.24, 2.45) is 5.92 Å². The first kappa shape index (κ1) is 21.4. The Morgan fingerprint density at radius 3 is 2.58 bits per heavy atom. The van der Waals surface area contributed by atoms with Crippen molar-refractivity contribution >= 4 is 17.7 Å². The van der Waals surface area contributed by atoms with Crippen LogP contribution in [0.2, 0.25) is 0 Å². The summed E-state index contributed by atoms with van der Waals surface area (Å²) in [6.07, 6.45) is 4.61. The summed E-state index contributed by atoms with van der Waals surface area (Å²) in [7, 11) is 1.65. The molecule has 1 aromatic heterocycles. The van der Waals surface area contributed by atoms with E-state index in [0.29, 0.717) is 11.7 Å². The van der Waals surface area contributed by atoms with E-state index in [1.54, 1.807) is 7.11 Å². The fourth-order valence-electron chi connectivity index (χ4n) is 3.57. The lowest BCUT2D eigenvalue weighted by molar-refractivity contribution is -0.118. The molecule has 0 radical (unpaired) electrons. The zero-order valence-corrected chi connectivity index (χ0v) is 18.6. The van der Waals surface area contributed by atoms with Crippen molar-refractivity contribution in [3.05, 3.63) is 60.2 Å². The highest BCUT2D eigenvalue weighted by molar-refractivity contribution is 7.99. The largest absolute Gasteiger partial charge is 0.497 e. The molecule has 3 aromatic rings. The molecule has 1 saturated carbocycles. The Morgan fingerprint density at radius 1 is 1.13 bits per heavy atom. The summed E-state index contributed by atoms with van der Waals surface area (Å²) in [6, 6.07) is 18.2. The molecule has 0 saturated heterocycles. The average molecular weight is 437 g/mol. The number of nitrogens with zero attached hydrogens (tertiary/aromatic N) is 3. The number of aryl methyl sites for hydroxylation is 1. The van der Waals surface area contributed by atoms with Crippen LogP contribution < -0.4 is 10.1 Å². The van der Waals surface area contributed by atoms with E-state index in [-0.39, 0.29) is 5.91 Å².